The maximum Gasteiger partial charge on any atom is 0.160 e. The molecule has 0 spiro atoms. The fourth-order valence-corrected chi connectivity index (χ4v) is 4.23. The van der Waals surface area contributed by atoms with E-state index in [1.54, 1.807) is 0 Å². The molecule has 0 aliphatic carbocycles. The van der Waals surface area contributed by atoms with E-state index in [-0.39, 0.29) is 18.3 Å². The van der Waals surface area contributed by atoms with E-state index in [0.717, 1.165) is 16.7 Å². The van der Waals surface area contributed by atoms with Crippen LogP contribution in [0.4, 0.5) is 0 Å². The van der Waals surface area contributed by atoms with Gasteiger partial charge in [-0.15, -0.1) is 0 Å². The number of rotatable bonds is 9. The summed E-state index contributed by atoms with van der Waals surface area (Å²) >= 11 is 6.62. The Morgan fingerprint density at radius 2 is 0.969 bits per heavy atom. The normalized spacial score (nSPS) is 25.5. The molecule has 3 aromatic carbocycles. The lowest BCUT2D eigenvalue weighted by atomic mass is 9.99. The molecule has 1 saturated heterocycles. The molecule has 0 aromatic heterocycles. The lowest BCUT2D eigenvalue weighted by Gasteiger charge is -2.43. The first-order chi connectivity index (χ1) is 15.7. The van der Waals surface area contributed by atoms with Crippen LogP contribution in [-0.4, -0.2) is 30.0 Å². The molecule has 0 bridgehead atoms. The van der Waals surface area contributed by atoms with Crippen LogP contribution >= 0.6 is 11.6 Å². The van der Waals surface area contributed by atoms with Gasteiger partial charge in [-0.2, -0.15) is 0 Å². The number of hydrogen-bond acceptors (Lipinski definition) is 4. The van der Waals surface area contributed by atoms with Gasteiger partial charge in [0.1, 0.15) is 18.3 Å². The smallest absolute Gasteiger partial charge is 0.160 e. The lowest BCUT2D eigenvalue weighted by molar-refractivity contribution is -0.244. The molecule has 5 heteroatoms. The molecule has 1 fully saturated rings. The number of halogens is 1. The van der Waals surface area contributed by atoms with Gasteiger partial charge in [0, 0.05) is 0 Å². The van der Waals surface area contributed by atoms with Crippen molar-refractivity contribution >= 4 is 11.6 Å². The van der Waals surface area contributed by atoms with E-state index in [1.807, 2.05) is 97.9 Å². The molecule has 0 saturated carbocycles. The Kier molecular flexibility index (Phi) is 8.32. The summed E-state index contributed by atoms with van der Waals surface area (Å²) in [5, 5.41) is 0. The summed E-state index contributed by atoms with van der Waals surface area (Å²) < 4.78 is 25.0. The monoisotopic (exact) mass is 452 g/mol. The minimum absolute atomic E-state index is 0.237. The van der Waals surface area contributed by atoms with Gasteiger partial charge in [0.25, 0.3) is 0 Å². The van der Waals surface area contributed by atoms with Crippen molar-refractivity contribution in [1.82, 2.24) is 0 Å². The molecule has 1 heterocycles. The van der Waals surface area contributed by atoms with Gasteiger partial charge in [-0.05, 0) is 23.6 Å². The summed E-state index contributed by atoms with van der Waals surface area (Å²) in [4.78, 5) is 0. The van der Waals surface area contributed by atoms with Crippen molar-refractivity contribution in [2.24, 2.45) is 0 Å². The summed E-state index contributed by atoms with van der Waals surface area (Å²) in [6.07, 6.45) is -1.42. The topological polar surface area (TPSA) is 36.9 Å². The van der Waals surface area contributed by atoms with E-state index in [4.69, 9.17) is 30.5 Å². The van der Waals surface area contributed by atoms with Gasteiger partial charge < -0.3 is 18.9 Å². The van der Waals surface area contributed by atoms with Crippen molar-refractivity contribution in [1.29, 1.82) is 0 Å². The first kappa shape index (κ1) is 23.0. The second kappa shape index (κ2) is 11.6. The molecule has 0 radical (unpaired) electrons. The van der Waals surface area contributed by atoms with Crippen LogP contribution in [0.5, 0.6) is 0 Å². The summed E-state index contributed by atoms with van der Waals surface area (Å²) in [7, 11) is 0. The van der Waals surface area contributed by atoms with E-state index in [1.165, 1.54) is 0 Å². The Labute approximate surface area is 195 Å². The van der Waals surface area contributed by atoms with Crippen LogP contribution in [0.3, 0.4) is 0 Å². The fraction of sp³-hybridized carbons (Fsp3) is 0.333. The molecule has 0 N–H and O–H groups in total. The first-order valence-corrected chi connectivity index (χ1v) is 11.4. The maximum absolute atomic E-state index is 6.62. The van der Waals surface area contributed by atoms with E-state index in [2.05, 4.69) is 0 Å². The van der Waals surface area contributed by atoms with Crippen LogP contribution in [0.15, 0.2) is 91.0 Å². The molecule has 4 rings (SSSR count). The van der Waals surface area contributed by atoms with Gasteiger partial charge in [0.05, 0.1) is 25.9 Å². The zero-order chi connectivity index (χ0) is 22.2. The molecule has 1 aliphatic heterocycles. The summed E-state index contributed by atoms with van der Waals surface area (Å²) in [6, 6.07) is 30.2. The predicted molar refractivity (Wildman–Crippen MR) is 125 cm³/mol. The van der Waals surface area contributed by atoms with Crippen molar-refractivity contribution in [3.8, 4) is 0 Å². The predicted octanol–water partition coefficient (Wildman–Crippen LogP) is 5.73. The summed E-state index contributed by atoms with van der Waals surface area (Å²) in [5.74, 6) is 0. The molecule has 0 unspecified atom stereocenters. The van der Waals surface area contributed by atoms with Crippen LogP contribution in [0.1, 0.15) is 23.6 Å². The second-order valence-electron chi connectivity index (χ2n) is 7.98. The van der Waals surface area contributed by atoms with Crippen LogP contribution in [-0.2, 0) is 38.8 Å². The summed E-state index contributed by atoms with van der Waals surface area (Å²) in [6.45, 7) is 3.29. The van der Waals surface area contributed by atoms with Crippen LogP contribution in [0.2, 0.25) is 0 Å². The SMILES string of the molecule is C[C@@H]1O[C@H](Cl)[C@@H](OCc2ccccc2)[C@H](OCc2ccccc2)[C@@H]1OCc1ccccc1. The average Bonchev–Trinajstić information content (AvgIpc) is 2.83. The molecular formula is C27H29ClO4. The highest BCUT2D eigenvalue weighted by molar-refractivity contribution is 6.20. The van der Waals surface area contributed by atoms with Gasteiger partial charge in [0.15, 0.2) is 5.56 Å². The van der Waals surface area contributed by atoms with Crippen molar-refractivity contribution in [2.75, 3.05) is 0 Å². The van der Waals surface area contributed by atoms with E-state index in [0.29, 0.717) is 19.8 Å². The zero-order valence-electron chi connectivity index (χ0n) is 18.2. The van der Waals surface area contributed by atoms with Crippen LogP contribution < -0.4 is 0 Å². The van der Waals surface area contributed by atoms with E-state index >= 15 is 0 Å². The van der Waals surface area contributed by atoms with Crippen molar-refractivity contribution in [3.63, 3.8) is 0 Å². The Morgan fingerprint density at radius 1 is 0.594 bits per heavy atom. The molecule has 32 heavy (non-hydrogen) atoms. The molecular weight excluding hydrogens is 424 g/mol. The van der Waals surface area contributed by atoms with Gasteiger partial charge in [-0.1, -0.05) is 103 Å². The van der Waals surface area contributed by atoms with E-state index in [9.17, 15) is 0 Å². The molecule has 4 nitrogen and oxygen atoms in total. The maximum atomic E-state index is 6.62. The van der Waals surface area contributed by atoms with Crippen molar-refractivity contribution < 1.29 is 18.9 Å². The molecule has 168 valence electrons. The van der Waals surface area contributed by atoms with Crippen LogP contribution in [0.25, 0.3) is 0 Å². The minimum Gasteiger partial charge on any atom is -0.368 e. The molecule has 3 aromatic rings. The third-order valence-corrected chi connectivity index (χ3v) is 5.92. The number of benzene rings is 3. The Bertz CT molecular complexity index is 867. The number of hydrogen-bond donors (Lipinski definition) is 0. The fourth-order valence-electron chi connectivity index (χ4n) is 3.85. The zero-order valence-corrected chi connectivity index (χ0v) is 18.9. The summed E-state index contributed by atoms with van der Waals surface area (Å²) in [5.41, 5.74) is 2.61. The van der Waals surface area contributed by atoms with Gasteiger partial charge in [-0.25, -0.2) is 0 Å². The standard InChI is InChI=1S/C27H29ClO4/c1-20-24(29-17-21-11-5-2-6-12-21)25(30-18-22-13-7-3-8-14-22)26(27(28)32-20)31-19-23-15-9-4-10-16-23/h2-16,20,24-27H,17-19H2,1H3/t20-,24+,25+,26-,27-/m0/s1. The molecule has 0 amide bonds. The van der Waals surface area contributed by atoms with Crippen molar-refractivity contribution in [3.05, 3.63) is 108 Å². The Morgan fingerprint density at radius 3 is 1.41 bits per heavy atom. The molecule has 1 aliphatic rings. The largest absolute Gasteiger partial charge is 0.368 e. The average molecular weight is 453 g/mol. The van der Waals surface area contributed by atoms with Crippen LogP contribution in [0, 0.1) is 0 Å². The highest BCUT2D eigenvalue weighted by Crippen LogP contribution is 2.31. The molecule has 5 atom stereocenters. The lowest BCUT2D eigenvalue weighted by Crippen LogP contribution is -2.57. The quantitative estimate of drug-likeness (QED) is 0.389. The number of alkyl halides is 1. The van der Waals surface area contributed by atoms with Gasteiger partial charge in [-0.3, -0.25) is 0 Å². The van der Waals surface area contributed by atoms with Gasteiger partial charge in [0.2, 0.25) is 0 Å². The van der Waals surface area contributed by atoms with Crippen molar-refractivity contribution in [2.45, 2.75) is 56.7 Å². The Hall–Kier alpha value is -2.21. The van der Waals surface area contributed by atoms with E-state index < -0.39 is 11.7 Å². The Balaban J connectivity index is 1.50. The first-order valence-electron chi connectivity index (χ1n) is 11.0. The number of ether oxygens (including phenoxy) is 4. The third-order valence-electron chi connectivity index (χ3n) is 5.57. The minimum atomic E-state index is -0.633. The second-order valence-corrected chi connectivity index (χ2v) is 8.41. The highest BCUT2D eigenvalue weighted by Gasteiger charge is 2.46. The third kappa shape index (κ3) is 6.18. The highest BCUT2D eigenvalue weighted by atomic mass is 35.5. The van der Waals surface area contributed by atoms with Gasteiger partial charge >= 0.3 is 0 Å².